The monoisotopic (exact) mass is 315 g/mol. The first-order chi connectivity index (χ1) is 8.58. The van der Waals surface area contributed by atoms with E-state index in [1.165, 1.54) is 0 Å². The van der Waals surface area contributed by atoms with Crippen molar-refractivity contribution in [2.45, 2.75) is 39.7 Å². The molecule has 0 radical (unpaired) electrons. The average Bonchev–Trinajstić information content (AvgIpc) is 2.27. The van der Waals surface area contributed by atoms with E-state index in [0.29, 0.717) is 13.2 Å². The van der Waals surface area contributed by atoms with Crippen molar-refractivity contribution in [3.8, 4) is 11.5 Å². The molecular formula is C14H22BrNO2. The predicted octanol–water partition coefficient (Wildman–Crippen LogP) is 3.53. The third kappa shape index (κ3) is 4.50. The molecule has 4 heteroatoms. The molecule has 0 saturated heterocycles. The Morgan fingerprint density at radius 3 is 2.56 bits per heavy atom. The molecule has 0 aliphatic rings. The Hall–Kier alpha value is -0.740. The Morgan fingerprint density at radius 2 is 2.00 bits per heavy atom. The Balaban J connectivity index is 3.01. The van der Waals surface area contributed by atoms with E-state index in [-0.39, 0.29) is 6.04 Å². The molecule has 1 aromatic carbocycles. The van der Waals surface area contributed by atoms with Crippen molar-refractivity contribution in [1.29, 1.82) is 0 Å². The summed E-state index contributed by atoms with van der Waals surface area (Å²) in [7, 11) is 0. The van der Waals surface area contributed by atoms with Crippen molar-refractivity contribution in [2.24, 2.45) is 5.73 Å². The first kappa shape index (κ1) is 15.3. The van der Waals surface area contributed by atoms with Crippen LogP contribution in [0.2, 0.25) is 0 Å². The van der Waals surface area contributed by atoms with Crippen LogP contribution in [0.5, 0.6) is 11.5 Å². The molecule has 0 spiro atoms. The highest BCUT2D eigenvalue weighted by atomic mass is 79.9. The molecule has 0 aliphatic heterocycles. The van der Waals surface area contributed by atoms with Crippen molar-refractivity contribution in [3.05, 3.63) is 22.2 Å². The number of nitrogens with two attached hydrogens (primary N) is 1. The summed E-state index contributed by atoms with van der Waals surface area (Å²) in [6.45, 7) is 7.35. The zero-order chi connectivity index (χ0) is 13.5. The zero-order valence-corrected chi connectivity index (χ0v) is 12.9. The summed E-state index contributed by atoms with van der Waals surface area (Å²) in [5.74, 6) is 1.57. The molecule has 0 bridgehead atoms. The number of benzene rings is 1. The maximum atomic E-state index is 5.83. The Labute approximate surface area is 118 Å². The molecule has 0 heterocycles. The van der Waals surface area contributed by atoms with Gasteiger partial charge in [0.05, 0.1) is 17.7 Å². The van der Waals surface area contributed by atoms with Crippen LogP contribution in [0.25, 0.3) is 0 Å². The van der Waals surface area contributed by atoms with E-state index in [1.807, 2.05) is 19.9 Å². The van der Waals surface area contributed by atoms with Gasteiger partial charge in [-0.3, -0.25) is 0 Å². The van der Waals surface area contributed by atoms with E-state index in [0.717, 1.165) is 34.4 Å². The van der Waals surface area contributed by atoms with Gasteiger partial charge in [-0.25, -0.2) is 0 Å². The van der Waals surface area contributed by atoms with Crippen LogP contribution in [0.3, 0.4) is 0 Å². The fourth-order valence-corrected chi connectivity index (χ4v) is 2.32. The van der Waals surface area contributed by atoms with Gasteiger partial charge < -0.3 is 15.2 Å². The van der Waals surface area contributed by atoms with Crippen LogP contribution >= 0.6 is 15.9 Å². The molecule has 0 aromatic heterocycles. The first-order valence-electron chi connectivity index (χ1n) is 6.42. The zero-order valence-electron chi connectivity index (χ0n) is 11.3. The van der Waals surface area contributed by atoms with Gasteiger partial charge in [0.25, 0.3) is 0 Å². The van der Waals surface area contributed by atoms with Gasteiger partial charge in [-0.1, -0.05) is 6.92 Å². The lowest BCUT2D eigenvalue weighted by molar-refractivity contribution is 0.275. The Morgan fingerprint density at radius 1 is 1.28 bits per heavy atom. The minimum atomic E-state index is 0.133. The maximum absolute atomic E-state index is 5.83. The Kier molecular flexibility index (Phi) is 6.50. The first-order valence-corrected chi connectivity index (χ1v) is 7.21. The number of hydrogen-bond donors (Lipinski definition) is 1. The summed E-state index contributed by atoms with van der Waals surface area (Å²) in [6.07, 6.45) is 1.80. The van der Waals surface area contributed by atoms with Crippen molar-refractivity contribution in [1.82, 2.24) is 0 Å². The van der Waals surface area contributed by atoms with E-state index in [2.05, 4.69) is 28.9 Å². The largest absolute Gasteiger partial charge is 0.490 e. The molecule has 1 atom stereocenters. The van der Waals surface area contributed by atoms with Gasteiger partial charge in [0.15, 0.2) is 11.5 Å². The molecule has 18 heavy (non-hydrogen) atoms. The van der Waals surface area contributed by atoms with Crippen LogP contribution in [0, 0.1) is 0 Å². The van der Waals surface area contributed by atoms with Crippen LogP contribution in [0.4, 0.5) is 0 Å². The molecule has 1 rings (SSSR count). The summed E-state index contributed by atoms with van der Waals surface area (Å²) >= 11 is 3.54. The highest BCUT2D eigenvalue weighted by molar-refractivity contribution is 9.10. The number of halogens is 1. The molecule has 1 unspecified atom stereocenters. The molecule has 0 fully saturated rings. The van der Waals surface area contributed by atoms with Crippen LogP contribution in [-0.2, 0) is 6.42 Å². The van der Waals surface area contributed by atoms with Crippen molar-refractivity contribution < 1.29 is 9.47 Å². The quantitative estimate of drug-likeness (QED) is 0.837. The molecule has 2 N–H and O–H groups in total. The summed E-state index contributed by atoms with van der Waals surface area (Å²) in [5, 5.41) is 0. The van der Waals surface area contributed by atoms with Crippen LogP contribution < -0.4 is 15.2 Å². The minimum Gasteiger partial charge on any atom is -0.490 e. The second-order valence-electron chi connectivity index (χ2n) is 4.37. The highest BCUT2D eigenvalue weighted by Crippen LogP contribution is 2.37. The van der Waals surface area contributed by atoms with E-state index < -0.39 is 0 Å². The highest BCUT2D eigenvalue weighted by Gasteiger charge is 2.12. The van der Waals surface area contributed by atoms with Crippen LogP contribution in [0.15, 0.2) is 16.6 Å². The fraction of sp³-hybridized carbons (Fsp3) is 0.571. The predicted molar refractivity (Wildman–Crippen MR) is 78.5 cm³/mol. The molecular weight excluding hydrogens is 294 g/mol. The average molecular weight is 316 g/mol. The van der Waals surface area contributed by atoms with E-state index >= 15 is 0 Å². The minimum absolute atomic E-state index is 0.133. The third-order valence-electron chi connectivity index (χ3n) is 2.38. The SMILES string of the molecule is CCCOc1c(Br)cc(CC(C)N)cc1OCC. The van der Waals surface area contributed by atoms with Gasteiger partial charge in [0.1, 0.15) is 0 Å². The number of rotatable bonds is 7. The third-order valence-corrected chi connectivity index (χ3v) is 2.97. The normalized spacial score (nSPS) is 12.3. The lowest BCUT2D eigenvalue weighted by Gasteiger charge is -2.15. The van der Waals surface area contributed by atoms with Gasteiger partial charge in [-0.05, 0) is 60.3 Å². The second-order valence-corrected chi connectivity index (χ2v) is 5.22. The van der Waals surface area contributed by atoms with Crippen molar-refractivity contribution >= 4 is 15.9 Å². The van der Waals surface area contributed by atoms with Crippen molar-refractivity contribution in [3.63, 3.8) is 0 Å². The standard InChI is InChI=1S/C14H22BrNO2/c1-4-6-18-14-12(15)8-11(7-10(3)16)9-13(14)17-5-2/h8-10H,4-7,16H2,1-3H3. The summed E-state index contributed by atoms with van der Waals surface area (Å²) in [4.78, 5) is 0. The van der Waals surface area contributed by atoms with Gasteiger partial charge in [-0.2, -0.15) is 0 Å². The second kappa shape index (κ2) is 7.64. The molecule has 0 amide bonds. The fourth-order valence-electron chi connectivity index (χ4n) is 1.72. The van der Waals surface area contributed by atoms with Gasteiger partial charge in [0.2, 0.25) is 0 Å². The summed E-state index contributed by atoms with van der Waals surface area (Å²) in [6, 6.07) is 4.20. The van der Waals surface area contributed by atoms with Gasteiger partial charge >= 0.3 is 0 Å². The summed E-state index contributed by atoms with van der Waals surface area (Å²) in [5.41, 5.74) is 6.99. The van der Waals surface area contributed by atoms with E-state index in [1.54, 1.807) is 0 Å². The maximum Gasteiger partial charge on any atom is 0.175 e. The number of hydrogen-bond acceptors (Lipinski definition) is 3. The smallest absolute Gasteiger partial charge is 0.175 e. The van der Waals surface area contributed by atoms with E-state index in [9.17, 15) is 0 Å². The van der Waals surface area contributed by atoms with Gasteiger partial charge in [0, 0.05) is 6.04 Å². The molecule has 0 saturated carbocycles. The molecule has 0 aliphatic carbocycles. The lowest BCUT2D eigenvalue weighted by atomic mass is 10.1. The van der Waals surface area contributed by atoms with Crippen molar-refractivity contribution in [2.75, 3.05) is 13.2 Å². The Bertz CT molecular complexity index is 380. The van der Waals surface area contributed by atoms with E-state index in [4.69, 9.17) is 15.2 Å². The topological polar surface area (TPSA) is 44.5 Å². The van der Waals surface area contributed by atoms with Crippen LogP contribution in [-0.4, -0.2) is 19.3 Å². The lowest BCUT2D eigenvalue weighted by Crippen LogP contribution is -2.17. The summed E-state index contributed by atoms with van der Waals surface area (Å²) < 4.78 is 12.3. The molecule has 102 valence electrons. The molecule has 1 aromatic rings. The number of ether oxygens (including phenoxy) is 2. The van der Waals surface area contributed by atoms with Gasteiger partial charge in [-0.15, -0.1) is 0 Å². The molecule has 3 nitrogen and oxygen atoms in total. The van der Waals surface area contributed by atoms with Crippen LogP contribution in [0.1, 0.15) is 32.8 Å².